The van der Waals surface area contributed by atoms with Crippen molar-refractivity contribution in [2.75, 3.05) is 4.90 Å². The van der Waals surface area contributed by atoms with E-state index in [9.17, 15) is 0 Å². The van der Waals surface area contributed by atoms with E-state index in [1.165, 1.54) is 55.3 Å². The minimum atomic E-state index is -0.281. The van der Waals surface area contributed by atoms with E-state index in [0.717, 1.165) is 17.1 Å². The van der Waals surface area contributed by atoms with E-state index >= 15 is 0 Å². The average Bonchev–Trinajstić information content (AvgIpc) is 3.54. The van der Waals surface area contributed by atoms with Gasteiger partial charge in [0.15, 0.2) is 0 Å². The van der Waals surface area contributed by atoms with Gasteiger partial charge in [-0.3, -0.25) is 4.99 Å². The van der Waals surface area contributed by atoms with Crippen LogP contribution in [0.15, 0.2) is 205 Å². The molecule has 1 heterocycles. The largest absolute Gasteiger partial charge is 0.314 e. The fraction of sp³-hybridized carbons (Fsp3) is 0.118. The molecule has 0 bridgehead atoms. The lowest BCUT2D eigenvalue weighted by atomic mass is 9.57. The van der Waals surface area contributed by atoms with Crippen LogP contribution in [0.1, 0.15) is 47.2 Å². The molecule has 0 N–H and O–H groups in total. The maximum atomic E-state index is 5.25. The van der Waals surface area contributed by atoms with Gasteiger partial charge >= 0.3 is 0 Å². The van der Waals surface area contributed by atoms with Gasteiger partial charge in [-0.2, -0.15) is 0 Å². The number of aliphatic imine (C=N–C) groups is 1. The second-order valence-corrected chi connectivity index (χ2v) is 15.1. The Kier molecular flexibility index (Phi) is 7.23. The molecule has 0 fully saturated rings. The number of anilines is 1. The molecule has 4 aliphatic rings. The Hall–Kier alpha value is -6.25. The van der Waals surface area contributed by atoms with Crippen LogP contribution in [0.3, 0.4) is 0 Å². The van der Waals surface area contributed by atoms with E-state index in [2.05, 4.69) is 213 Å². The van der Waals surface area contributed by atoms with Gasteiger partial charge in [-0.15, -0.1) is 0 Å². The van der Waals surface area contributed by atoms with E-state index in [0.29, 0.717) is 0 Å². The first kappa shape index (κ1) is 31.5. The molecule has 1 aliphatic heterocycles. The van der Waals surface area contributed by atoms with Crippen molar-refractivity contribution in [3.05, 3.63) is 233 Å². The Morgan fingerprint density at radius 2 is 1.30 bits per heavy atom. The highest BCUT2D eigenvalue weighted by molar-refractivity contribution is 6.13. The first-order valence-electron chi connectivity index (χ1n) is 18.7. The topological polar surface area (TPSA) is 15.6 Å². The van der Waals surface area contributed by atoms with E-state index < -0.39 is 0 Å². The molecule has 6 aromatic carbocycles. The lowest BCUT2D eigenvalue weighted by Gasteiger charge is -2.45. The predicted octanol–water partition coefficient (Wildman–Crippen LogP) is 11.8. The van der Waals surface area contributed by atoms with Gasteiger partial charge in [0, 0.05) is 22.6 Å². The second kappa shape index (κ2) is 12.2. The van der Waals surface area contributed by atoms with Crippen LogP contribution in [0.25, 0.3) is 21.9 Å². The highest BCUT2D eigenvalue weighted by Crippen LogP contribution is 2.55. The van der Waals surface area contributed by atoms with Crippen molar-refractivity contribution >= 4 is 33.4 Å². The molecule has 0 spiro atoms. The molecule has 2 heteroatoms. The Balaban J connectivity index is 1.10. The lowest BCUT2D eigenvalue weighted by Crippen LogP contribution is -2.50. The standard InChI is InChI=1S/C51H40N2/c1-50-32-14-13-23-47(50)52-49(38-18-7-4-8-19-38)53(50)42-29-25-36(26-30-42)40-27-31-46-44(34-40)48(37-16-5-3-6-17-37)43-21-11-12-22-45(43)51(46,2)41-28-24-35-15-9-10-20-39(35)33-41/h3-34,46-47H,1-2H3. The zero-order chi connectivity index (χ0) is 35.6. The van der Waals surface area contributed by atoms with Crippen molar-refractivity contribution in [2.45, 2.75) is 30.8 Å². The molecule has 3 aliphatic carbocycles. The van der Waals surface area contributed by atoms with Crippen LogP contribution in [0.5, 0.6) is 0 Å². The fourth-order valence-corrected chi connectivity index (χ4v) is 9.28. The normalized spacial score (nSPS) is 24.1. The van der Waals surface area contributed by atoms with Gasteiger partial charge in [-0.05, 0) is 80.4 Å². The molecule has 0 saturated heterocycles. The molecule has 4 atom stereocenters. The molecular formula is C51H40N2. The maximum absolute atomic E-state index is 5.25. The number of nitrogens with zero attached hydrogens (tertiary/aromatic N) is 2. The van der Waals surface area contributed by atoms with Crippen molar-refractivity contribution in [3.8, 4) is 0 Å². The van der Waals surface area contributed by atoms with Crippen molar-refractivity contribution in [1.82, 2.24) is 0 Å². The molecule has 2 nitrogen and oxygen atoms in total. The first-order valence-corrected chi connectivity index (χ1v) is 18.7. The van der Waals surface area contributed by atoms with Crippen LogP contribution in [-0.4, -0.2) is 17.4 Å². The summed E-state index contributed by atoms with van der Waals surface area (Å²) in [5.41, 5.74) is 12.1. The zero-order valence-electron chi connectivity index (χ0n) is 30.0. The molecule has 0 radical (unpaired) electrons. The quantitative estimate of drug-likeness (QED) is 0.177. The molecule has 4 unspecified atom stereocenters. The molecule has 254 valence electrons. The predicted molar refractivity (Wildman–Crippen MR) is 222 cm³/mol. The summed E-state index contributed by atoms with van der Waals surface area (Å²) < 4.78 is 0. The molecule has 53 heavy (non-hydrogen) atoms. The van der Waals surface area contributed by atoms with Gasteiger partial charge in [-0.1, -0.05) is 183 Å². The summed E-state index contributed by atoms with van der Waals surface area (Å²) in [5, 5.41) is 2.55. The molecule has 10 rings (SSSR count). The molecule has 0 aromatic heterocycles. The number of hydrogen-bond donors (Lipinski definition) is 0. The minimum absolute atomic E-state index is 0.0535. The van der Waals surface area contributed by atoms with Crippen LogP contribution in [0.4, 0.5) is 5.69 Å². The van der Waals surface area contributed by atoms with Gasteiger partial charge < -0.3 is 4.90 Å². The number of allylic oxidation sites excluding steroid dienone is 7. The Morgan fingerprint density at radius 1 is 0.604 bits per heavy atom. The Bertz CT molecular complexity index is 2580. The van der Waals surface area contributed by atoms with Crippen LogP contribution >= 0.6 is 0 Å². The number of fused-ring (bicyclic) bond motifs is 4. The zero-order valence-corrected chi connectivity index (χ0v) is 30.0. The summed E-state index contributed by atoms with van der Waals surface area (Å²) in [4.78, 5) is 7.67. The third-order valence-electron chi connectivity index (χ3n) is 12.1. The SMILES string of the molecule is CC1(c2ccc3ccccc3c2)c2ccccc2C(c2ccccc2)=C2C=C(c3ccc(N4C(c5ccccc5)=NC5C=CC=CC54C)cc3)C=CC21. The molecule has 6 aromatic rings. The number of amidine groups is 1. The third kappa shape index (κ3) is 4.90. The van der Waals surface area contributed by atoms with Crippen molar-refractivity contribution in [3.63, 3.8) is 0 Å². The average molecular weight is 681 g/mol. The molecule has 0 saturated carbocycles. The van der Waals surface area contributed by atoms with Gasteiger partial charge in [0.1, 0.15) is 5.84 Å². The van der Waals surface area contributed by atoms with Gasteiger partial charge in [-0.25, -0.2) is 0 Å². The Labute approximate surface area is 312 Å². The highest BCUT2D eigenvalue weighted by Gasteiger charge is 2.47. The van der Waals surface area contributed by atoms with Crippen LogP contribution in [-0.2, 0) is 5.41 Å². The van der Waals surface area contributed by atoms with Crippen LogP contribution in [0.2, 0.25) is 0 Å². The Morgan fingerprint density at radius 3 is 2.09 bits per heavy atom. The van der Waals surface area contributed by atoms with Gasteiger partial charge in [0.05, 0.1) is 11.6 Å². The molecule has 0 amide bonds. The maximum Gasteiger partial charge on any atom is 0.136 e. The summed E-state index contributed by atoms with van der Waals surface area (Å²) in [5.74, 6) is 1.15. The number of benzene rings is 6. The minimum Gasteiger partial charge on any atom is -0.314 e. The van der Waals surface area contributed by atoms with Crippen LogP contribution < -0.4 is 4.90 Å². The number of hydrogen-bond acceptors (Lipinski definition) is 2. The summed E-state index contributed by atoms with van der Waals surface area (Å²) in [6.07, 6.45) is 16.1. The first-order chi connectivity index (χ1) is 26.0. The summed E-state index contributed by atoms with van der Waals surface area (Å²) in [6, 6.07) is 55.6. The van der Waals surface area contributed by atoms with E-state index in [4.69, 9.17) is 4.99 Å². The summed E-state index contributed by atoms with van der Waals surface area (Å²) in [6.45, 7) is 4.74. The van der Waals surface area contributed by atoms with E-state index in [1.54, 1.807) is 0 Å². The smallest absolute Gasteiger partial charge is 0.136 e. The van der Waals surface area contributed by atoms with Crippen molar-refractivity contribution in [2.24, 2.45) is 10.9 Å². The monoisotopic (exact) mass is 680 g/mol. The lowest BCUT2D eigenvalue weighted by molar-refractivity contribution is 0.463. The second-order valence-electron chi connectivity index (χ2n) is 15.1. The summed E-state index contributed by atoms with van der Waals surface area (Å²) in [7, 11) is 0. The third-order valence-corrected chi connectivity index (χ3v) is 12.1. The van der Waals surface area contributed by atoms with Crippen molar-refractivity contribution < 1.29 is 0 Å². The molecular weight excluding hydrogens is 641 g/mol. The van der Waals surface area contributed by atoms with Crippen molar-refractivity contribution in [1.29, 1.82) is 0 Å². The highest BCUT2D eigenvalue weighted by atomic mass is 15.3. The van der Waals surface area contributed by atoms with Gasteiger partial charge in [0.2, 0.25) is 0 Å². The van der Waals surface area contributed by atoms with Crippen LogP contribution in [0, 0.1) is 5.92 Å². The van der Waals surface area contributed by atoms with Gasteiger partial charge in [0.25, 0.3) is 0 Å². The van der Waals surface area contributed by atoms with E-state index in [-0.39, 0.29) is 22.9 Å². The summed E-state index contributed by atoms with van der Waals surface area (Å²) >= 11 is 0. The fourth-order valence-electron chi connectivity index (χ4n) is 9.28. The van der Waals surface area contributed by atoms with E-state index in [1.807, 2.05) is 0 Å². The number of rotatable bonds is 5.